The first kappa shape index (κ1) is 7.14. The highest BCUT2D eigenvalue weighted by Gasteiger charge is 2.00. The van der Waals surface area contributed by atoms with Crippen LogP contribution >= 0.6 is 22.9 Å². The second-order valence-electron chi connectivity index (χ2n) is 2.51. The van der Waals surface area contributed by atoms with Crippen molar-refractivity contribution in [2.75, 3.05) is 0 Å². The van der Waals surface area contributed by atoms with Gasteiger partial charge in [0.05, 0.1) is 0 Å². The van der Waals surface area contributed by atoms with Crippen LogP contribution in [0.25, 0.3) is 10.1 Å². The van der Waals surface area contributed by atoms with Gasteiger partial charge >= 0.3 is 0 Å². The number of aryl methyl sites for hydroxylation is 1. The fourth-order valence-electron chi connectivity index (χ4n) is 1.15. The van der Waals surface area contributed by atoms with Crippen molar-refractivity contribution in [3.8, 4) is 0 Å². The van der Waals surface area contributed by atoms with E-state index in [2.05, 4.69) is 19.1 Å². The highest BCUT2D eigenvalue weighted by atomic mass is 35.5. The molecule has 0 unspecified atom stereocenters. The molecule has 0 saturated carbocycles. The maximum absolute atomic E-state index is 5.98. The van der Waals surface area contributed by atoms with E-state index in [0.29, 0.717) is 0 Å². The van der Waals surface area contributed by atoms with E-state index < -0.39 is 0 Å². The van der Waals surface area contributed by atoms with Crippen LogP contribution in [0.5, 0.6) is 0 Å². The Morgan fingerprint density at radius 1 is 1.36 bits per heavy atom. The minimum Gasteiger partial charge on any atom is -0.141 e. The van der Waals surface area contributed by atoms with Crippen LogP contribution in [0.15, 0.2) is 24.3 Å². The van der Waals surface area contributed by atoms with Crippen LogP contribution in [0.2, 0.25) is 5.02 Å². The molecule has 56 valence electrons. The van der Waals surface area contributed by atoms with E-state index >= 15 is 0 Å². The third kappa shape index (κ3) is 1.15. The Bertz CT molecular complexity index is 389. The van der Waals surface area contributed by atoms with Crippen LogP contribution in [-0.4, -0.2) is 0 Å². The molecule has 1 aromatic heterocycles. The molecule has 0 amide bonds. The monoisotopic (exact) mass is 182 g/mol. The van der Waals surface area contributed by atoms with Gasteiger partial charge in [-0.15, -0.1) is 11.3 Å². The summed E-state index contributed by atoms with van der Waals surface area (Å²) >= 11 is 7.76. The zero-order chi connectivity index (χ0) is 7.84. The van der Waals surface area contributed by atoms with Gasteiger partial charge in [-0.2, -0.15) is 0 Å². The molecule has 1 aromatic carbocycles. The number of halogens is 1. The maximum Gasteiger partial charge on any atom is 0.0492 e. The minimum atomic E-state index is 0.854. The van der Waals surface area contributed by atoms with E-state index in [1.807, 2.05) is 12.1 Å². The number of fused-ring (bicyclic) bond motifs is 1. The lowest BCUT2D eigenvalue weighted by Crippen LogP contribution is -1.62. The first-order valence-corrected chi connectivity index (χ1v) is 4.61. The highest BCUT2D eigenvalue weighted by Crippen LogP contribution is 2.30. The zero-order valence-electron chi connectivity index (χ0n) is 6.10. The lowest BCUT2D eigenvalue weighted by molar-refractivity contribution is 1.65. The molecule has 2 heteroatoms. The van der Waals surface area contributed by atoms with E-state index in [0.717, 1.165) is 5.02 Å². The minimum absolute atomic E-state index is 0.854. The molecule has 11 heavy (non-hydrogen) atoms. The quantitative estimate of drug-likeness (QED) is 0.581. The topological polar surface area (TPSA) is 0 Å². The Hall–Kier alpha value is -0.530. The molecule has 0 aliphatic carbocycles. The summed E-state index contributed by atoms with van der Waals surface area (Å²) in [6, 6.07) is 8.14. The van der Waals surface area contributed by atoms with Crippen LogP contribution in [0, 0.1) is 6.92 Å². The van der Waals surface area contributed by atoms with Gasteiger partial charge in [0.2, 0.25) is 0 Å². The van der Waals surface area contributed by atoms with Gasteiger partial charge in [0, 0.05) is 20.0 Å². The third-order valence-corrected chi connectivity index (χ3v) is 2.98. The summed E-state index contributed by atoms with van der Waals surface area (Å²) in [5.74, 6) is 0. The number of thiophene rings is 1. The molecule has 2 rings (SSSR count). The summed E-state index contributed by atoms with van der Waals surface area (Å²) in [5, 5.41) is 2.03. The van der Waals surface area contributed by atoms with E-state index in [9.17, 15) is 0 Å². The molecule has 0 fully saturated rings. The van der Waals surface area contributed by atoms with E-state index in [1.54, 1.807) is 11.3 Å². The van der Waals surface area contributed by atoms with Crippen molar-refractivity contribution >= 4 is 33.0 Å². The van der Waals surface area contributed by atoms with Crippen LogP contribution in [0.4, 0.5) is 0 Å². The van der Waals surface area contributed by atoms with Gasteiger partial charge in [0.25, 0.3) is 0 Å². The molecule has 0 radical (unpaired) electrons. The Labute approximate surface area is 74.4 Å². The van der Waals surface area contributed by atoms with Crippen LogP contribution in [0.1, 0.15) is 4.88 Å². The SMILES string of the molecule is Cc1cc2c(Cl)cccc2s1. The van der Waals surface area contributed by atoms with Crippen molar-refractivity contribution < 1.29 is 0 Å². The molecule has 0 N–H and O–H groups in total. The first-order valence-electron chi connectivity index (χ1n) is 3.42. The molecule has 1 heterocycles. The van der Waals surface area contributed by atoms with E-state index in [1.165, 1.54) is 15.0 Å². The summed E-state index contributed by atoms with van der Waals surface area (Å²) in [5.41, 5.74) is 0. The first-order chi connectivity index (χ1) is 5.27. The Balaban J connectivity index is 2.90. The summed E-state index contributed by atoms with van der Waals surface area (Å²) in [6.45, 7) is 2.10. The fourth-order valence-corrected chi connectivity index (χ4v) is 2.39. The largest absolute Gasteiger partial charge is 0.141 e. The zero-order valence-corrected chi connectivity index (χ0v) is 7.67. The third-order valence-electron chi connectivity index (χ3n) is 1.63. The molecule has 0 nitrogen and oxygen atoms in total. The van der Waals surface area contributed by atoms with Crippen LogP contribution < -0.4 is 0 Å². The van der Waals surface area contributed by atoms with Gasteiger partial charge in [-0.05, 0) is 25.1 Å². The average molecular weight is 183 g/mol. The lowest BCUT2D eigenvalue weighted by atomic mass is 10.2. The standard InChI is InChI=1S/C9H7ClS/c1-6-5-7-8(10)3-2-4-9(7)11-6/h2-5H,1H3. The Kier molecular flexibility index (Phi) is 1.63. The molecule has 2 aromatic rings. The van der Waals surface area contributed by atoms with Crippen molar-refractivity contribution in [2.24, 2.45) is 0 Å². The molecular weight excluding hydrogens is 176 g/mol. The van der Waals surface area contributed by atoms with E-state index in [-0.39, 0.29) is 0 Å². The summed E-state index contributed by atoms with van der Waals surface area (Å²) in [6.07, 6.45) is 0. The van der Waals surface area contributed by atoms with Gasteiger partial charge < -0.3 is 0 Å². The highest BCUT2D eigenvalue weighted by molar-refractivity contribution is 7.19. The predicted molar refractivity (Wildman–Crippen MR) is 51.6 cm³/mol. The van der Waals surface area contributed by atoms with Gasteiger partial charge in [-0.25, -0.2) is 0 Å². The molecule has 0 saturated heterocycles. The number of rotatable bonds is 0. The van der Waals surface area contributed by atoms with Gasteiger partial charge in [-0.1, -0.05) is 17.7 Å². The van der Waals surface area contributed by atoms with Crippen molar-refractivity contribution in [3.63, 3.8) is 0 Å². The normalized spacial score (nSPS) is 10.7. The average Bonchev–Trinajstić information content (AvgIpc) is 2.31. The van der Waals surface area contributed by atoms with Crippen molar-refractivity contribution in [3.05, 3.63) is 34.2 Å². The summed E-state index contributed by atoms with van der Waals surface area (Å²) < 4.78 is 1.27. The van der Waals surface area contributed by atoms with Crippen LogP contribution in [0.3, 0.4) is 0 Å². The van der Waals surface area contributed by atoms with Crippen molar-refractivity contribution in [1.29, 1.82) is 0 Å². The summed E-state index contributed by atoms with van der Waals surface area (Å²) in [7, 11) is 0. The molecule has 0 aliphatic heterocycles. The Morgan fingerprint density at radius 3 is 2.91 bits per heavy atom. The molecule has 0 atom stereocenters. The van der Waals surface area contributed by atoms with Gasteiger partial charge in [-0.3, -0.25) is 0 Å². The second kappa shape index (κ2) is 2.50. The molecule has 0 spiro atoms. The second-order valence-corrected chi connectivity index (χ2v) is 4.20. The number of hydrogen-bond acceptors (Lipinski definition) is 1. The molecule has 0 bridgehead atoms. The van der Waals surface area contributed by atoms with Crippen molar-refractivity contribution in [2.45, 2.75) is 6.92 Å². The molecular formula is C9H7ClS. The molecule has 0 aliphatic rings. The van der Waals surface area contributed by atoms with Gasteiger partial charge in [0.1, 0.15) is 0 Å². The number of hydrogen-bond donors (Lipinski definition) is 0. The Morgan fingerprint density at radius 2 is 2.18 bits per heavy atom. The predicted octanol–water partition coefficient (Wildman–Crippen LogP) is 3.86. The number of benzene rings is 1. The van der Waals surface area contributed by atoms with E-state index in [4.69, 9.17) is 11.6 Å². The maximum atomic E-state index is 5.98. The smallest absolute Gasteiger partial charge is 0.0492 e. The van der Waals surface area contributed by atoms with Crippen molar-refractivity contribution in [1.82, 2.24) is 0 Å². The van der Waals surface area contributed by atoms with Gasteiger partial charge in [0.15, 0.2) is 0 Å². The lowest BCUT2D eigenvalue weighted by Gasteiger charge is -1.89. The fraction of sp³-hybridized carbons (Fsp3) is 0.111. The summed E-state index contributed by atoms with van der Waals surface area (Å²) in [4.78, 5) is 1.31. The van der Waals surface area contributed by atoms with Crippen LogP contribution in [-0.2, 0) is 0 Å².